The maximum absolute atomic E-state index is 12.4. The molecule has 8 nitrogen and oxygen atoms in total. The number of hydrazine groups is 1. The zero-order valence-electron chi connectivity index (χ0n) is 14.8. The lowest BCUT2D eigenvalue weighted by atomic mass is 10.3. The predicted octanol–water partition coefficient (Wildman–Crippen LogP) is 2.22. The number of carbonyl (C=O) groups is 1. The van der Waals surface area contributed by atoms with E-state index in [-0.39, 0.29) is 10.8 Å². The van der Waals surface area contributed by atoms with E-state index in [4.69, 9.17) is 17.0 Å². The lowest BCUT2D eigenvalue weighted by Crippen LogP contribution is -2.44. The van der Waals surface area contributed by atoms with E-state index in [0.717, 1.165) is 5.69 Å². The van der Waals surface area contributed by atoms with Gasteiger partial charge < -0.3 is 10.1 Å². The van der Waals surface area contributed by atoms with Crippen LogP contribution in [0.1, 0.15) is 16.2 Å². The van der Waals surface area contributed by atoms with Crippen LogP contribution in [0, 0.1) is 6.92 Å². The van der Waals surface area contributed by atoms with Crippen LogP contribution in [0.3, 0.4) is 0 Å². The largest absolute Gasteiger partial charge is 0.495 e. The first-order valence-electron chi connectivity index (χ1n) is 8.08. The Kier molecular flexibility index (Phi) is 5.62. The van der Waals surface area contributed by atoms with Crippen molar-refractivity contribution >= 4 is 28.9 Å². The smallest absolute Gasteiger partial charge is 0.292 e. The van der Waals surface area contributed by atoms with Crippen LogP contribution in [-0.2, 0) is 0 Å². The molecule has 2 aromatic carbocycles. The van der Waals surface area contributed by atoms with Crippen LogP contribution in [0.5, 0.6) is 5.75 Å². The summed E-state index contributed by atoms with van der Waals surface area (Å²) in [5.74, 6) is 0.188. The minimum atomic E-state index is -0.446. The molecule has 3 N–H and O–H groups in total. The summed E-state index contributed by atoms with van der Waals surface area (Å²) in [7, 11) is 1.57. The summed E-state index contributed by atoms with van der Waals surface area (Å²) < 4.78 is 6.84. The molecule has 3 aromatic rings. The SMILES string of the molecule is COc1ccccc1NC(=S)NNC(=O)c1nnn(-c2ccccc2)c1C. The molecule has 0 saturated heterocycles. The first kappa shape index (κ1) is 18.3. The second-order valence-electron chi connectivity index (χ2n) is 5.50. The Morgan fingerprint density at radius 2 is 1.78 bits per heavy atom. The topological polar surface area (TPSA) is 93.1 Å². The second kappa shape index (κ2) is 8.28. The van der Waals surface area contributed by atoms with E-state index in [2.05, 4.69) is 26.5 Å². The summed E-state index contributed by atoms with van der Waals surface area (Å²) in [5, 5.41) is 11.2. The van der Waals surface area contributed by atoms with Gasteiger partial charge in [0.15, 0.2) is 10.8 Å². The number of thiocarbonyl (C=S) groups is 1. The molecule has 0 aliphatic heterocycles. The average Bonchev–Trinajstić information content (AvgIpc) is 3.08. The summed E-state index contributed by atoms with van der Waals surface area (Å²) in [6, 6.07) is 16.8. The molecule has 0 bridgehead atoms. The molecule has 138 valence electrons. The molecule has 27 heavy (non-hydrogen) atoms. The number of anilines is 1. The van der Waals surface area contributed by atoms with Gasteiger partial charge in [0, 0.05) is 0 Å². The molecule has 9 heteroatoms. The van der Waals surface area contributed by atoms with E-state index in [9.17, 15) is 4.79 Å². The van der Waals surface area contributed by atoms with Crippen molar-refractivity contribution in [2.75, 3.05) is 12.4 Å². The minimum absolute atomic E-state index is 0.200. The fourth-order valence-electron chi connectivity index (χ4n) is 2.43. The van der Waals surface area contributed by atoms with Crippen molar-refractivity contribution in [1.82, 2.24) is 25.8 Å². The molecule has 0 aliphatic carbocycles. The maximum atomic E-state index is 12.4. The average molecular weight is 382 g/mol. The molecule has 0 atom stereocenters. The summed E-state index contributed by atoms with van der Waals surface area (Å²) in [4.78, 5) is 12.4. The monoisotopic (exact) mass is 382 g/mol. The lowest BCUT2D eigenvalue weighted by molar-refractivity contribution is 0.0938. The Balaban J connectivity index is 1.63. The fraction of sp³-hybridized carbons (Fsp3) is 0.111. The standard InChI is InChI=1S/C18H18N6O2S/c1-12-16(20-23-24(12)13-8-4-3-5-9-13)17(25)21-22-18(27)19-14-10-6-7-11-15(14)26-2/h3-11H,1-2H3,(H,21,25)(H2,19,22,27). The van der Waals surface area contributed by atoms with E-state index in [0.29, 0.717) is 17.1 Å². The van der Waals surface area contributed by atoms with Crippen molar-refractivity contribution in [3.05, 3.63) is 66.0 Å². The summed E-state index contributed by atoms with van der Waals surface area (Å²) in [6.45, 7) is 1.77. The maximum Gasteiger partial charge on any atom is 0.292 e. The lowest BCUT2D eigenvalue weighted by Gasteiger charge is -2.13. The number of para-hydroxylation sites is 3. The highest BCUT2D eigenvalue weighted by Crippen LogP contribution is 2.22. The van der Waals surface area contributed by atoms with Gasteiger partial charge in [-0.15, -0.1) is 5.10 Å². The molecule has 0 fully saturated rings. The van der Waals surface area contributed by atoms with E-state index in [1.807, 2.05) is 48.5 Å². The quantitative estimate of drug-likeness (QED) is 0.471. The van der Waals surface area contributed by atoms with Crippen LogP contribution >= 0.6 is 12.2 Å². The Morgan fingerprint density at radius 3 is 2.52 bits per heavy atom. The van der Waals surface area contributed by atoms with Gasteiger partial charge in [-0.25, -0.2) is 4.68 Å². The second-order valence-corrected chi connectivity index (χ2v) is 5.91. The molecule has 0 radical (unpaired) electrons. The number of nitrogens with one attached hydrogen (secondary N) is 3. The van der Waals surface area contributed by atoms with E-state index < -0.39 is 5.91 Å². The summed E-state index contributed by atoms with van der Waals surface area (Å²) in [6.07, 6.45) is 0. The van der Waals surface area contributed by atoms with Crippen LogP contribution < -0.4 is 20.9 Å². The summed E-state index contributed by atoms with van der Waals surface area (Å²) in [5.41, 5.74) is 7.47. The van der Waals surface area contributed by atoms with Crippen LogP contribution in [0.15, 0.2) is 54.6 Å². The van der Waals surface area contributed by atoms with Gasteiger partial charge >= 0.3 is 0 Å². The van der Waals surface area contributed by atoms with Gasteiger partial charge in [-0.2, -0.15) is 0 Å². The third kappa shape index (κ3) is 4.21. The van der Waals surface area contributed by atoms with Crippen molar-refractivity contribution in [1.29, 1.82) is 0 Å². The third-order valence-electron chi connectivity index (χ3n) is 3.76. The number of benzene rings is 2. The number of aromatic nitrogens is 3. The van der Waals surface area contributed by atoms with Gasteiger partial charge in [-0.1, -0.05) is 35.5 Å². The van der Waals surface area contributed by atoms with Gasteiger partial charge in [-0.05, 0) is 43.4 Å². The first-order valence-corrected chi connectivity index (χ1v) is 8.49. The van der Waals surface area contributed by atoms with Crippen molar-refractivity contribution < 1.29 is 9.53 Å². The molecule has 1 amide bonds. The number of hydrogen-bond donors (Lipinski definition) is 3. The molecular formula is C18H18N6O2S. The van der Waals surface area contributed by atoms with Crippen LogP contribution in [0.2, 0.25) is 0 Å². The Bertz CT molecular complexity index is 957. The van der Waals surface area contributed by atoms with Crippen LogP contribution in [0.25, 0.3) is 5.69 Å². The zero-order chi connectivity index (χ0) is 19.2. The number of rotatable bonds is 4. The number of hydrogen-bond acceptors (Lipinski definition) is 5. The number of ether oxygens (including phenoxy) is 1. The normalized spacial score (nSPS) is 10.1. The van der Waals surface area contributed by atoms with Crippen molar-refractivity contribution in [3.8, 4) is 11.4 Å². The van der Waals surface area contributed by atoms with E-state index in [1.54, 1.807) is 24.8 Å². The van der Waals surface area contributed by atoms with Gasteiger partial charge in [0.1, 0.15) is 5.75 Å². The molecule has 0 unspecified atom stereocenters. The Hall–Kier alpha value is -3.46. The molecule has 1 aromatic heterocycles. The van der Waals surface area contributed by atoms with Gasteiger partial charge in [0.2, 0.25) is 0 Å². The highest BCUT2D eigenvalue weighted by molar-refractivity contribution is 7.80. The Morgan fingerprint density at radius 1 is 1.07 bits per heavy atom. The number of amides is 1. The minimum Gasteiger partial charge on any atom is -0.495 e. The molecule has 0 spiro atoms. The van der Waals surface area contributed by atoms with Crippen molar-refractivity contribution in [2.45, 2.75) is 6.92 Å². The molecular weight excluding hydrogens is 364 g/mol. The fourth-order valence-corrected chi connectivity index (χ4v) is 2.59. The number of nitrogens with zero attached hydrogens (tertiary/aromatic N) is 3. The highest BCUT2D eigenvalue weighted by Gasteiger charge is 2.17. The molecule has 1 heterocycles. The number of methoxy groups -OCH3 is 1. The molecule has 0 saturated carbocycles. The first-order chi connectivity index (χ1) is 13.1. The third-order valence-corrected chi connectivity index (χ3v) is 3.96. The Labute approximate surface area is 161 Å². The number of carbonyl (C=O) groups excluding carboxylic acids is 1. The van der Waals surface area contributed by atoms with Crippen LogP contribution in [-0.4, -0.2) is 33.1 Å². The van der Waals surface area contributed by atoms with Gasteiger partial charge in [-0.3, -0.25) is 15.6 Å². The van der Waals surface area contributed by atoms with Crippen molar-refractivity contribution in [3.63, 3.8) is 0 Å². The van der Waals surface area contributed by atoms with E-state index in [1.165, 1.54) is 0 Å². The van der Waals surface area contributed by atoms with Gasteiger partial charge in [0.05, 0.1) is 24.2 Å². The summed E-state index contributed by atoms with van der Waals surface area (Å²) >= 11 is 5.19. The molecule has 0 aliphatic rings. The van der Waals surface area contributed by atoms with Gasteiger partial charge in [0.25, 0.3) is 5.91 Å². The predicted molar refractivity (Wildman–Crippen MR) is 106 cm³/mol. The zero-order valence-corrected chi connectivity index (χ0v) is 15.6. The van der Waals surface area contributed by atoms with E-state index >= 15 is 0 Å². The van der Waals surface area contributed by atoms with Crippen LogP contribution in [0.4, 0.5) is 5.69 Å². The van der Waals surface area contributed by atoms with Crippen molar-refractivity contribution in [2.24, 2.45) is 0 Å². The molecule has 3 rings (SSSR count). The highest BCUT2D eigenvalue weighted by atomic mass is 32.1.